The smallest absolute Gasteiger partial charge is 0.308 e. The number of hydrogen-bond donors (Lipinski definition) is 2. The largest absolute Gasteiger partial charge is 0.427 e. The second-order valence-corrected chi connectivity index (χ2v) is 9.18. The number of aromatic nitrogens is 1. The first kappa shape index (κ1) is 18.2. The van der Waals surface area contributed by atoms with Crippen molar-refractivity contribution in [1.29, 1.82) is 0 Å². The summed E-state index contributed by atoms with van der Waals surface area (Å²) in [7, 11) is 0. The zero-order valence-corrected chi connectivity index (χ0v) is 17.0. The van der Waals surface area contributed by atoms with Crippen molar-refractivity contribution in [3.05, 3.63) is 29.5 Å². The highest BCUT2D eigenvalue weighted by Gasteiger charge is 2.57. The first-order valence-corrected chi connectivity index (χ1v) is 10.8. The fraction of sp³-hybridized carbons (Fsp3) is 0.609. The molecule has 5 nitrogen and oxygen atoms in total. The maximum absolute atomic E-state index is 11.4. The summed E-state index contributed by atoms with van der Waals surface area (Å²) in [5.74, 6) is 1.84. The predicted octanol–water partition coefficient (Wildman–Crippen LogP) is 3.36. The van der Waals surface area contributed by atoms with E-state index in [1.54, 1.807) is 0 Å². The lowest BCUT2D eigenvalue weighted by atomic mass is 9.56. The van der Waals surface area contributed by atoms with Crippen LogP contribution in [0.5, 0.6) is 5.75 Å². The molecule has 4 aliphatic rings. The van der Waals surface area contributed by atoms with Crippen molar-refractivity contribution in [2.24, 2.45) is 17.6 Å². The van der Waals surface area contributed by atoms with Gasteiger partial charge in [-0.05, 0) is 61.3 Å². The number of benzene rings is 1. The summed E-state index contributed by atoms with van der Waals surface area (Å²) < 4.78 is 5.36. The van der Waals surface area contributed by atoms with Crippen LogP contribution in [-0.2, 0) is 16.6 Å². The van der Waals surface area contributed by atoms with Crippen molar-refractivity contribution < 1.29 is 9.53 Å². The minimum absolute atomic E-state index is 0.0213. The standard InChI is InChI=1S/C23H31N3O2/c1-3-4-16-9-15-11-23(13-24)21-18(7-8-26(12-15)22(16)23)19-10-17(28-14(2)27)5-6-20(19)25-21/h5-6,10,15-16,22,25H,3-4,7-9,11-13,24H2,1-2H3. The summed E-state index contributed by atoms with van der Waals surface area (Å²) in [5, 5.41) is 1.19. The fourth-order valence-electron chi connectivity index (χ4n) is 6.79. The number of hydrogen-bond acceptors (Lipinski definition) is 4. The molecule has 5 heteroatoms. The van der Waals surface area contributed by atoms with Crippen LogP contribution in [0.15, 0.2) is 18.2 Å². The number of fused-ring (bicyclic) bond motifs is 4. The maximum atomic E-state index is 11.4. The number of nitrogens with one attached hydrogen (secondary N) is 1. The molecule has 2 saturated heterocycles. The summed E-state index contributed by atoms with van der Waals surface area (Å²) >= 11 is 0. The third-order valence-electron chi connectivity index (χ3n) is 7.50. The lowest BCUT2D eigenvalue weighted by Crippen LogP contribution is -2.66. The molecule has 0 radical (unpaired) electrons. The number of nitrogens with two attached hydrogens (primary N) is 1. The molecular weight excluding hydrogens is 350 g/mol. The second-order valence-electron chi connectivity index (χ2n) is 9.18. The van der Waals surface area contributed by atoms with Gasteiger partial charge in [0.2, 0.25) is 0 Å². The topological polar surface area (TPSA) is 71.3 Å². The van der Waals surface area contributed by atoms with E-state index in [2.05, 4.69) is 22.9 Å². The Hall–Kier alpha value is -1.85. The molecular formula is C23H31N3O2. The van der Waals surface area contributed by atoms with Crippen molar-refractivity contribution in [3.8, 4) is 5.75 Å². The van der Waals surface area contributed by atoms with Crippen molar-refractivity contribution in [1.82, 2.24) is 9.88 Å². The number of esters is 1. The van der Waals surface area contributed by atoms with Crippen LogP contribution in [0.2, 0.25) is 0 Å². The molecule has 5 unspecified atom stereocenters. The number of rotatable bonds is 4. The number of H-pyrrole nitrogens is 1. The van der Waals surface area contributed by atoms with Crippen molar-refractivity contribution in [2.45, 2.75) is 57.4 Å². The predicted molar refractivity (Wildman–Crippen MR) is 111 cm³/mol. The third-order valence-corrected chi connectivity index (χ3v) is 7.50. The van der Waals surface area contributed by atoms with Gasteiger partial charge in [0.1, 0.15) is 5.75 Å². The van der Waals surface area contributed by atoms with Gasteiger partial charge < -0.3 is 15.5 Å². The molecule has 1 aromatic carbocycles. The highest BCUT2D eigenvalue weighted by Crippen LogP contribution is 2.54. The Labute approximate surface area is 166 Å². The molecule has 1 aromatic heterocycles. The summed E-state index contributed by atoms with van der Waals surface area (Å²) in [6.45, 7) is 6.78. The van der Waals surface area contributed by atoms with Gasteiger partial charge in [-0.3, -0.25) is 9.69 Å². The molecule has 0 spiro atoms. The summed E-state index contributed by atoms with van der Waals surface area (Å²) in [5.41, 5.74) is 10.5. The molecule has 1 saturated carbocycles. The average Bonchev–Trinajstić information content (AvgIpc) is 3.00. The Kier molecular flexibility index (Phi) is 4.29. The molecule has 3 fully saturated rings. The minimum atomic E-state index is -0.277. The quantitative estimate of drug-likeness (QED) is 0.629. The Morgan fingerprint density at radius 1 is 1.43 bits per heavy atom. The highest BCUT2D eigenvalue weighted by atomic mass is 16.5. The van der Waals surface area contributed by atoms with Gasteiger partial charge in [-0.25, -0.2) is 0 Å². The zero-order chi connectivity index (χ0) is 19.5. The molecule has 6 rings (SSSR count). The van der Waals surface area contributed by atoms with Gasteiger partial charge in [0, 0.05) is 54.6 Å². The van der Waals surface area contributed by atoms with Gasteiger partial charge in [0.05, 0.1) is 0 Å². The third kappa shape index (κ3) is 2.56. The van der Waals surface area contributed by atoms with Gasteiger partial charge in [0.15, 0.2) is 0 Å². The average molecular weight is 382 g/mol. The van der Waals surface area contributed by atoms with Crippen LogP contribution in [0.3, 0.4) is 0 Å². The molecule has 1 aliphatic carbocycles. The summed E-state index contributed by atoms with van der Waals surface area (Å²) in [6.07, 6.45) is 6.13. The monoisotopic (exact) mass is 381 g/mol. The Balaban J connectivity index is 1.67. The number of carbonyl (C=O) groups excluding carboxylic acids is 1. The van der Waals surface area contributed by atoms with Crippen LogP contribution >= 0.6 is 0 Å². The van der Waals surface area contributed by atoms with Gasteiger partial charge in [-0.2, -0.15) is 0 Å². The van der Waals surface area contributed by atoms with E-state index in [9.17, 15) is 4.79 Å². The van der Waals surface area contributed by atoms with Gasteiger partial charge in [-0.15, -0.1) is 0 Å². The molecule has 3 N–H and O–H groups in total. The molecule has 150 valence electrons. The Morgan fingerprint density at radius 3 is 3.04 bits per heavy atom. The lowest BCUT2D eigenvalue weighted by molar-refractivity contribution is -0.131. The second kappa shape index (κ2) is 6.60. The van der Waals surface area contributed by atoms with Crippen molar-refractivity contribution >= 4 is 16.9 Å². The highest BCUT2D eigenvalue weighted by molar-refractivity contribution is 5.87. The van der Waals surface area contributed by atoms with E-state index in [0.717, 1.165) is 30.3 Å². The van der Waals surface area contributed by atoms with Crippen LogP contribution < -0.4 is 10.5 Å². The summed E-state index contributed by atoms with van der Waals surface area (Å²) in [4.78, 5) is 17.9. The number of nitrogens with zero attached hydrogens (tertiary/aromatic N) is 1. The van der Waals surface area contributed by atoms with E-state index in [4.69, 9.17) is 10.5 Å². The molecule has 0 amide bonds. The minimum Gasteiger partial charge on any atom is -0.427 e. The first-order chi connectivity index (χ1) is 13.6. The molecule has 2 aromatic rings. The lowest BCUT2D eigenvalue weighted by Gasteiger charge is -2.59. The number of aromatic amines is 1. The first-order valence-electron chi connectivity index (χ1n) is 10.8. The Bertz CT molecular complexity index is 920. The van der Waals surface area contributed by atoms with Gasteiger partial charge in [0.25, 0.3) is 0 Å². The number of ether oxygens (including phenoxy) is 1. The van der Waals surface area contributed by atoms with Gasteiger partial charge in [-0.1, -0.05) is 13.3 Å². The SMILES string of the molecule is CCCC1CC2CN3CCc4c([nH]c5ccc(OC(C)=O)cc45)C(CN)(C2)C13. The van der Waals surface area contributed by atoms with Crippen LogP contribution in [-0.4, -0.2) is 41.5 Å². The zero-order valence-electron chi connectivity index (χ0n) is 17.0. The molecule has 4 bridgehead atoms. The van der Waals surface area contributed by atoms with Crippen LogP contribution in [0.25, 0.3) is 10.9 Å². The molecule has 5 atom stereocenters. The van der Waals surface area contributed by atoms with E-state index >= 15 is 0 Å². The normalized spacial score (nSPS) is 33.5. The van der Waals surface area contributed by atoms with E-state index in [1.807, 2.05) is 12.1 Å². The molecule has 28 heavy (non-hydrogen) atoms. The fourth-order valence-corrected chi connectivity index (χ4v) is 6.79. The molecule has 3 aliphatic heterocycles. The van der Waals surface area contributed by atoms with Crippen LogP contribution in [0, 0.1) is 11.8 Å². The van der Waals surface area contributed by atoms with E-state index in [1.165, 1.54) is 55.8 Å². The van der Waals surface area contributed by atoms with Crippen LogP contribution in [0.4, 0.5) is 0 Å². The van der Waals surface area contributed by atoms with Crippen molar-refractivity contribution in [2.75, 3.05) is 19.6 Å². The van der Waals surface area contributed by atoms with E-state index in [-0.39, 0.29) is 11.4 Å². The molecule has 4 heterocycles. The van der Waals surface area contributed by atoms with E-state index in [0.29, 0.717) is 18.3 Å². The van der Waals surface area contributed by atoms with E-state index < -0.39 is 0 Å². The van der Waals surface area contributed by atoms with Crippen molar-refractivity contribution in [3.63, 3.8) is 0 Å². The Morgan fingerprint density at radius 2 is 2.29 bits per heavy atom. The van der Waals surface area contributed by atoms with Crippen LogP contribution in [0.1, 0.15) is 50.8 Å². The maximum Gasteiger partial charge on any atom is 0.308 e. The van der Waals surface area contributed by atoms with Gasteiger partial charge >= 0.3 is 5.97 Å². The number of piperidine rings is 2. The number of carbonyl (C=O) groups is 1. The summed E-state index contributed by atoms with van der Waals surface area (Å²) in [6, 6.07) is 6.51.